The first-order valence-electron chi connectivity index (χ1n) is 8.62. The summed E-state index contributed by atoms with van der Waals surface area (Å²) in [4.78, 5) is 8.52. The first-order chi connectivity index (χ1) is 12.8. The number of nitrogens with one attached hydrogen (secondary N) is 2. The Morgan fingerprint density at radius 2 is 2.00 bits per heavy atom. The van der Waals surface area contributed by atoms with Crippen molar-refractivity contribution in [1.82, 2.24) is 15.6 Å². The lowest BCUT2D eigenvalue weighted by Crippen LogP contribution is -2.43. The Hall–Kier alpha value is -1.69. The van der Waals surface area contributed by atoms with Gasteiger partial charge in [0.15, 0.2) is 5.96 Å². The minimum absolute atomic E-state index is 0. The van der Waals surface area contributed by atoms with Crippen molar-refractivity contribution in [2.75, 3.05) is 25.6 Å². The van der Waals surface area contributed by atoms with Crippen LogP contribution in [0.5, 0.6) is 0 Å². The maximum absolute atomic E-state index is 13.0. The molecule has 10 heteroatoms. The van der Waals surface area contributed by atoms with E-state index in [0.29, 0.717) is 36.8 Å². The topological polar surface area (TPSA) is 96.6 Å². The van der Waals surface area contributed by atoms with Crippen LogP contribution in [-0.4, -0.2) is 51.0 Å². The fraction of sp³-hybridized carbons (Fsp3) is 0.444. The summed E-state index contributed by atoms with van der Waals surface area (Å²) in [5.74, 6) is 0.864. The molecule has 0 amide bonds. The Kier molecular flexibility index (Phi) is 9.87. The lowest BCUT2D eigenvalue weighted by atomic mass is 10.2. The van der Waals surface area contributed by atoms with Gasteiger partial charge in [-0.1, -0.05) is 0 Å². The molecule has 1 heterocycles. The third-order valence-corrected chi connectivity index (χ3v) is 4.82. The molecule has 0 saturated heterocycles. The number of oxazole rings is 1. The second-order valence-corrected chi connectivity index (χ2v) is 8.62. The van der Waals surface area contributed by atoms with Crippen molar-refractivity contribution in [1.29, 1.82) is 0 Å². The second-order valence-electron chi connectivity index (χ2n) is 6.36. The highest BCUT2D eigenvalue weighted by atomic mass is 127. The number of nitrogens with zero attached hydrogens (tertiary/aromatic N) is 2. The smallest absolute Gasteiger partial charge is 0.226 e. The second kappa shape index (κ2) is 11.3. The molecule has 0 fully saturated rings. The molecular formula is C18H26FIN4O3S. The number of guanidine groups is 1. The van der Waals surface area contributed by atoms with Crippen molar-refractivity contribution in [3.05, 3.63) is 42.0 Å². The van der Waals surface area contributed by atoms with E-state index in [1.807, 2.05) is 6.92 Å². The number of aromatic nitrogens is 1. The summed E-state index contributed by atoms with van der Waals surface area (Å²) in [5.41, 5.74) is 1.48. The number of hydrogen-bond acceptors (Lipinski definition) is 5. The van der Waals surface area contributed by atoms with Crippen LogP contribution in [0, 0.1) is 5.82 Å². The molecule has 1 aromatic carbocycles. The van der Waals surface area contributed by atoms with Crippen LogP contribution in [0.4, 0.5) is 4.39 Å². The normalized spacial score (nSPS) is 12.9. The van der Waals surface area contributed by atoms with Gasteiger partial charge in [-0.2, -0.15) is 0 Å². The van der Waals surface area contributed by atoms with Crippen LogP contribution in [0.3, 0.4) is 0 Å². The van der Waals surface area contributed by atoms with Crippen LogP contribution >= 0.6 is 24.0 Å². The third kappa shape index (κ3) is 8.55. The van der Waals surface area contributed by atoms with Gasteiger partial charge in [-0.05, 0) is 37.6 Å². The highest BCUT2D eigenvalue weighted by Crippen LogP contribution is 2.18. The molecule has 2 aromatic rings. The lowest BCUT2D eigenvalue weighted by molar-refractivity contribution is 0.571. The highest BCUT2D eigenvalue weighted by Gasteiger charge is 2.10. The Morgan fingerprint density at radius 3 is 2.61 bits per heavy atom. The number of benzene rings is 1. The summed E-state index contributed by atoms with van der Waals surface area (Å²) < 4.78 is 40.9. The molecule has 28 heavy (non-hydrogen) atoms. The summed E-state index contributed by atoms with van der Waals surface area (Å²) >= 11 is 0. The van der Waals surface area contributed by atoms with Gasteiger partial charge >= 0.3 is 0 Å². The van der Waals surface area contributed by atoms with Crippen molar-refractivity contribution in [3.63, 3.8) is 0 Å². The monoisotopic (exact) mass is 524 g/mol. The Morgan fingerprint density at radius 1 is 1.32 bits per heavy atom. The number of hydrogen-bond donors (Lipinski definition) is 2. The van der Waals surface area contributed by atoms with Gasteiger partial charge in [-0.15, -0.1) is 24.0 Å². The molecular weight excluding hydrogens is 498 g/mol. The molecule has 0 bridgehead atoms. The predicted molar refractivity (Wildman–Crippen MR) is 119 cm³/mol. The van der Waals surface area contributed by atoms with Crippen molar-refractivity contribution >= 4 is 39.8 Å². The third-order valence-electron chi connectivity index (χ3n) is 3.84. The minimum atomic E-state index is -2.98. The number of rotatable bonds is 8. The molecule has 0 saturated carbocycles. The van der Waals surface area contributed by atoms with E-state index in [0.717, 1.165) is 5.69 Å². The van der Waals surface area contributed by atoms with Gasteiger partial charge in [0.25, 0.3) is 0 Å². The first-order valence-corrected chi connectivity index (χ1v) is 10.7. The van der Waals surface area contributed by atoms with Gasteiger partial charge in [0.2, 0.25) is 5.89 Å². The lowest BCUT2D eigenvalue weighted by Gasteiger charge is -2.17. The van der Waals surface area contributed by atoms with Gasteiger partial charge < -0.3 is 15.1 Å². The fourth-order valence-electron chi connectivity index (χ4n) is 2.35. The molecule has 0 aliphatic rings. The van der Waals surface area contributed by atoms with E-state index in [9.17, 15) is 12.8 Å². The summed E-state index contributed by atoms with van der Waals surface area (Å²) in [7, 11) is -1.32. The molecule has 0 radical (unpaired) electrons. The van der Waals surface area contributed by atoms with E-state index in [-0.39, 0.29) is 41.6 Å². The zero-order valence-corrected chi connectivity index (χ0v) is 19.3. The largest absolute Gasteiger partial charge is 0.444 e. The van der Waals surface area contributed by atoms with E-state index in [1.165, 1.54) is 18.4 Å². The molecule has 0 spiro atoms. The van der Waals surface area contributed by atoms with E-state index < -0.39 is 9.84 Å². The summed E-state index contributed by atoms with van der Waals surface area (Å²) in [5, 5.41) is 6.32. The molecule has 1 aromatic heterocycles. The fourth-order valence-corrected chi connectivity index (χ4v) is 3.13. The molecule has 1 atom stereocenters. The number of aliphatic imine (C=N–C) groups is 1. The molecule has 1 unspecified atom stereocenters. The van der Waals surface area contributed by atoms with Crippen LogP contribution in [0.2, 0.25) is 0 Å². The SMILES string of the molecule is CN=C(NCCc1coc(-c2ccc(F)cc2)n1)NC(C)CCS(C)(=O)=O.I. The Balaban J connectivity index is 0.00000392. The van der Waals surface area contributed by atoms with E-state index >= 15 is 0 Å². The first kappa shape index (κ1) is 24.3. The quantitative estimate of drug-likeness (QED) is 0.313. The molecule has 2 N–H and O–H groups in total. The van der Waals surface area contributed by atoms with Crippen molar-refractivity contribution in [2.24, 2.45) is 4.99 Å². The van der Waals surface area contributed by atoms with Gasteiger partial charge in [0.1, 0.15) is 21.9 Å². The van der Waals surface area contributed by atoms with E-state index in [2.05, 4.69) is 20.6 Å². The maximum Gasteiger partial charge on any atom is 0.226 e. The Labute approximate surface area is 182 Å². The van der Waals surface area contributed by atoms with Crippen LogP contribution < -0.4 is 10.6 Å². The molecule has 0 aliphatic heterocycles. The van der Waals surface area contributed by atoms with Crippen molar-refractivity contribution in [2.45, 2.75) is 25.8 Å². The summed E-state index contributed by atoms with van der Waals surface area (Å²) in [6.07, 6.45) is 3.92. The Bertz CT molecular complexity index is 869. The van der Waals surface area contributed by atoms with E-state index in [4.69, 9.17) is 4.42 Å². The molecule has 7 nitrogen and oxygen atoms in total. The van der Waals surface area contributed by atoms with Crippen LogP contribution in [0.15, 0.2) is 39.9 Å². The summed E-state index contributed by atoms with van der Waals surface area (Å²) in [6, 6.07) is 5.94. The van der Waals surface area contributed by atoms with Crippen LogP contribution in [-0.2, 0) is 16.3 Å². The van der Waals surface area contributed by atoms with Gasteiger partial charge in [0.05, 0.1) is 11.4 Å². The average Bonchev–Trinajstić information content (AvgIpc) is 3.08. The van der Waals surface area contributed by atoms with Gasteiger partial charge in [0, 0.05) is 37.9 Å². The molecule has 2 rings (SSSR count). The average molecular weight is 524 g/mol. The van der Waals surface area contributed by atoms with Crippen molar-refractivity contribution in [3.8, 4) is 11.5 Å². The van der Waals surface area contributed by atoms with Crippen molar-refractivity contribution < 1.29 is 17.2 Å². The molecule has 0 aliphatic carbocycles. The number of halogens is 2. The highest BCUT2D eigenvalue weighted by molar-refractivity contribution is 14.0. The maximum atomic E-state index is 13.0. The standard InChI is InChI=1S/C18H25FN4O3S.HI/c1-13(9-11-27(3,24)25)22-18(20-2)21-10-8-16-12-26-17(23-16)14-4-6-15(19)7-5-14;/h4-7,12-13H,8-11H2,1-3H3,(H2,20,21,22);1H. The molecule has 156 valence electrons. The number of sulfone groups is 1. The van der Waals surface area contributed by atoms with Gasteiger partial charge in [-0.25, -0.2) is 17.8 Å². The minimum Gasteiger partial charge on any atom is -0.444 e. The van der Waals surface area contributed by atoms with E-state index in [1.54, 1.807) is 25.4 Å². The van der Waals surface area contributed by atoms with Crippen LogP contribution in [0.25, 0.3) is 11.5 Å². The van der Waals surface area contributed by atoms with Gasteiger partial charge in [-0.3, -0.25) is 4.99 Å². The zero-order valence-electron chi connectivity index (χ0n) is 16.1. The predicted octanol–water partition coefficient (Wildman–Crippen LogP) is 2.63. The van der Waals surface area contributed by atoms with Crippen LogP contribution in [0.1, 0.15) is 19.0 Å². The summed E-state index contributed by atoms with van der Waals surface area (Å²) in [6.45, 7) is 2.48. The zero-order chi connectivity index (χ0) is 19.9.